The first kappa shape index (κ1) is 19.2. The van der Waals surface area contributed by atoms with Crippen LogP contribution in [0.15, 0.2) is 48.5 Å². The molecule has 5 rings (SSSR count). The van der Waals surface area contributed by atoms with E-state index in [1.54, 1.807) is 11.3 Å². The molecule has 1 saturated heterocycles. The molecule has 0 bridgehead atoms. The second-order valence-electron chi connectivity index (χ2n) is 7.72. The molecule has 0 radical (unpaired) electrons. The maximum Gasteiger partial charge on any atom is 0.340 e. The van der Waals surface area contributed by atoms with Gasteiger partial charge in [-0.3, -0.25) is 9.88 Å². The maximum absolute atomic E-state index is 12.7. The van der Waals surface area contributed by atoms with Crippen LogP contribution in [0.2, 0.25) is 0 Å². The van der Waals surface area contributed by atoms with E-state index < -0.39 is 0 Å². The van der Waals surface area contributed by atoms with Crippen molar-refractivity contribution in [3.8, 4) is 0 Å². The first-order valence-electron chi connectivity index (χ1n) is 10.2. The number of fused-ring (bicyclic) bond motifs is 2. The molecule has 0 spiro atoms. The summed E-state index contributed by atoms with van der Waals surface area (Å²) in [5, 5.41) is 2.14. The highest BCUT2D eigenvalue weighted by Gasteiger charge is 2.31. The number of hydrogen-bond donors (Lipinski definition) is 0. The molecule has 0 saturated carbocycles. The molecule has 5 nitrogen and oxygen atoms in total. The third-order valence-corrected chi connectivity index (χ3v) is 7.07. The molecule has 0 aliphatic carbocycles. The fraction of sp³-hybridized carbons (Fsp3) is 0.292. The van der Waals surface area contributed by atoms with Crippen molar-refractivity contribution in [1.82, 2.24) is 14.9 Å². The summed E-state index contributed by atoms with van der Waals surface area (Å²) in [5.74, 6) is -0.323. The highest BCUT2D eigenvalue weighted by molar-refractivity contribution is 7.18. The number of carbonyl (C=O) groups is 1. The summed E-state index contributed by atoms with van der Waals surface area (Å²) in [4.78, 5) is 24.8. The second kappa shape index (κ2) is 7.78. The van der Waals surface area contributed by atoms with Gasteiger partial charge < -0.3 is 4.74 Å². The van der Waals surface area contributed by atoms with Crippen molar-refractivity contribution in [2.45, 2.75) is 32.4 Å². The first-order chi connectivity index (χ1) is 14.7. The van der Waals surface area contributed by atoms with Gasteiger partial charge in [-0.2, -0.15) is 0 Å². The van der Waals surface area contributed by atoms with E-state index in [1.165, 1.54) is 11.8 Å². The van der Waals surface area contributed by atoms with Crippen molar-refractivity contribution in [2.75, 3.05) is 13.7 Å². The number of likely N-dealkylation sites (tertiary alicyclic amines) is 1. The van der Waals surface area contributed by atoms with Gasteiger partial charge >= 0.3 is 5.97 Å². The zero-order valence-corrected chi connectivity index (χ0v) is 17.9. The Morgan fingerprint density at radius 1 is 1.13 bits per heavy atom. The van der Waals surface area contributed by atoms with E-state index in [-0.39, 0.29) is 12.0 Å². The van der Waals surface area contributed by atoms with Crippen molar-refractivity contribution in [3.05, 3.63) is 70.4 Å². The van der Waals surface area contributed by atoms with Crippen molar-refractivity contribution in [1.29, 1.82) is 0 Å². The minimum absolute atomic E-state index is 0.251. The largest absolute Gasteiger partial charge is 0.465 e. The fourth-order valence-electron chi connectivity index (χ4n) is 4.45. The molecule has 2 aromatic heterocycles. The number of aryl methyl sites for hydroxylation is 1. The van der Waals surface area contributed by atoms with E-state index in [2.05, 4.69) is 23.1 Å². The van der Waals surface area contributed by atoms with Crippen molar-refractivity contribution in [3.63, 3.8) is 0 Å². The molecule has 0 amide bonds. The number of pyridine rings is 1. The molecule has 1 aliphatic heterocycles. The first-order valence-corrected chi connectivity index (χ1v) is 11.0. The smallest absolute Gasteiger partial charge is 0.340 e. The number of ether oxygens (including phenoxy) is 1. The lowest BCUT2D eigenvalue weighted by molar-refractivity contribution is 0.0596. The van der Waals surface area contributed by atoms with Crippen LogP contribution in [0.5, 0.6) is 0 Å². The van der Waals surface area contributed by atoms with E-state index in [0.29, 0.717) is 12.1 Å². The van der Waals surface area contributed by atoms with Crippen LogP contribution < -0.4 is 0 Å². The molecule has 0 N–H and O–H groups in total. The van der Waals surface area contributed by atoms with Gasteiger partial charge in [-0.1, -0.05) is 30.3 Å². The molecule has 1 atom stereocenters. The Bertz CT molecular complexity index is 1220. The van der Waals surface area contributed by atoms with Crippen molar-refractivity contribution >= 4 is 38.4 Å². The average Bonchev–Trinajstić information content (AvgIpc) is 3.40. The lowest BCUT2D eigenvalue weighted by Crippen LogP contribution is -2.25. The number of thiazole rings is 1. The Balaban J connectivity index is 1.54. The topological polar surface area (TPSA) is 55.3 Å². The van der Waals surface area contributed by atoms with Crippen molar-refractivity contribution < 1.29 is 9.53 Å². The predicted molar refractivity (Wildman–Crippen MR) is 120 cm³/mol. The minimum Gasteiger partial charge on any atom is -0.465 e. The Morgan fingerprint density at radius 2 is 1.90 bits per heavy atom. The SMILES string of the molecule is COC(=O)c1c(CN2CCC[C@H]2c2nc3ccccc3s2)nc2ccccc2c1C. The molecule has 0 unspecified atom stereocenters. The van der Waals surface area contributed by atoms with E-state index in [4.69, 9.17) is 14.7 Å². The van der Waals surface area contributed by atoms with E-state index in [9.17, 15) is 4.79 Å². The van der Waals surface area contributed by atoms with Crippen LogP contribution in [0, 0.1) is 6.92 Å². The Morgan fingerprint density at radius 3 is 2.70 bits per heavy atom. The van der Waals surface area contributed by atoms with Gasteiger partial charge in [0.1, 0.15) is 5.01 Å². The minimum atomic E-state index is -0.323. The fourth-order valence-corrected chi connectivity index (χ4v) is 5.59. The normalized spacial score (nSPS) is 17.1. The van der Waals surface area contributed by atoms with Crippen LogP contribution in [0.3, 0.4) is 0 Å². The van der Waals surface area contributed by atoms with E-state index >= 15 is 0 Å². The number of hydrogen-bond acceptors (Lipinski definition) is 6. The summed E-state index contributed by atoms with van der Waals surface area (Å²) in [6.07, 6.45) is 2.18. The number of nitrogens with zero attached hydrogens (tertiary/aromatic N) is 3. The summed E-state index contributed by atoms with van der Waals surface area (Å²) < 4.78 is 6.33. The van der Waals surface area contributed by atoms with Crippen molar-refractivity contribution in [2.24, 2.45) is 0 Å². The molecular weight excluding hydrogens is 394 g/mol. The molecule has 30 heavy (non-hydrogen) atoms. The predicted octanol–water partition coefficient (Wildman–Crippen LogP) is 5.28. The van der Waals surface area contributed by atoms with Gasteiger partial charge in [-0.25, -0.2) is 9.78 Å². The van der Waals surface area contributed by atoms with Crippen LogP contribution in [-0.4, -0.2) is 34.5 Å². The van der Waals surface area contributed by atoms with Crippen LogP contribution in [0.1, 0.15) is 45.5 Å². The number of benzene rings is 2. The van der Waals surface area contributed by atoms with Gasteiger partial charge in [-0.15, -0.1) is 11.3 Å². The highest BCUT2D eigenvalue weighted by Crippen LogP contribution is 2.38. The lowest BCUT2D eigenvalue weighted by atomic mass is 10.0. The van der Waals surface area contributed by atoms with Gasteiger partial charge in [0.2, 0.25) is 0 Å². The monoisotopic (exact) mass is 417 g/mol. The quantitative estimate of drug-likeness (QED) is 0.423. The Hall–Kier alpha value is -2.83. The average molecular weight is 418 g/mol. The molecular formula is C24H23N3O2S. The summed E-state index contributed by atoms with van der Waals surface area (Å²) in [5.41, 5.74) is 4.27. The molecule has 1 fully saturated rings. The Kier molecular flexibility index (Phi) is 4.97. The second-order valence-corrected chi connectivity index (χ2v) is 8.78. The summed E-state index contributed by atoms with van der Waals surface area (Å²) in [6.45, 7) is 3.56. The van der Waals surface area contributed by atoms with Crippen LogP contribution in [-0.2, 0) is 11.3 Å². The molecule has 2 aromatic carbocycles. The highest BCUT2D eigenvalue weighted by atomic mass is 32.1. The van der Waals surface area contributed by atoms with Crippen LogP contribution in [0.4, 0.5) is 0 Å². The number of rotatable bonds is 4. The third kappa shape index (κ3) is 3.26. The molecule has 4 aromatic rings. The van der Waals surface area contributed by atoms with Gasteiger partial charge in [0, 0.05) is 11.9 Å². The summed E-state index contributed by atoms with van der Waals surface area (Å²) >= 11 is 1.76. The number of para-hydroxylation sites is 2. The van der Waals surface area contributed by atoms with Gasteiger partial charge in [0.05, 0.1) is 40.1 Å². The maximum atomic E-state index is 12.7. The van der Waals surface area contributed by atoms with Gasteiger partial charge in [0.25, 0.3) is 0 Å². The number of methoxy groups -OCH3 is 1. The number of carbonyl (C=O) groups excluding carboxylic acids is 1. The zero-order valence-electron chi connectivity index (χ0n) is 17.1. The molecule has 6 heteroatoms. The number of aromatic nitrogens is 2. The lowest BCUT2D eigenvalue weighted by Gasteiger charge is -2.24. The number of esters is 1. The van der Waals surface area contributed by atoms with Gasteiger partial charge in [-0.05, 0) is 50.1 Å². The molecule has 152 valence electrons. The van der Waals surface area contributed by atoms with Gasteiger partial charge in [0.15, 0.2) is 0 Å². The third-order valence-electron chi connectivity index (χ3n) is 5.93. The summed E-state index contributed by atoms with van der Waals surface area (Å²) in [6, 6.07) is 16.5. The van der Waals surface area contributed by atoms with Crippen LogP contribution >= 0.6 is 11.3 Å². The van der Waals surface area contributed by atoms with E-state index in [1.807, 2.05) is 37.3 Å². The zero-order chi connectivity index (χ0) is 20.7. The van der Waals surface area contributed by atoms with E-state index in [0.717, 1.165) is 52.1 Å². The summed E-state index contributed by atoms with van der Waals surface area (Å²) in [7, 11) is 1.43. The molecule has 3 heterocycles. The standard InChI is InChI=1S/C24H23N3O2S/c1-15-16-8-3-4-9-17(16)25-19(22(15)24(28)29-2)14-27-13-7-11-20(27)23-26-18-10-5-6-12-21(18)30-23/h3-6,8-10,12,20H,7,11,13-14H2,1-2H3/t20-/m0/s1. The Labute approximate surface area is 179 Å². The van der Waals surface area contributed by atoms with Crippen LogP contribution in [0.25, 0.3) is 21.1 Å². The molecule has 1 aliphatic rings.